The van der Waals surface area contributed by atoms with E-state index in [-0.39, 0.29) is 71.4 Å². The highest BCUT2D eigenvalue weighted by molar-refractivity contribution is 5.91. The Kier molecular flexibility index (Phi) is 12.3. The molecule has 9 nitrogen and oxygen atoms in total. The molecule has 0 aromatic carbocycles. The van der Waals surface area contributed by atoms with Crippen LogP contribution >= 0.6 is 0 Å². The number of hydrogen-bond acceptors (Lipinski definition) is 9. The van der Waals surface area contributed by atoms with Crippen molar-refractivity contribution in [3.63, 3.8) is 0 Å². The average molecular weight is 598 g/mol. The summed E-state index contributed by atoms with van der Waals surface area (Å²) in [6, 6.07) is 0. The molecule has 246 valence electrons. The molecule has 3 fully saturated rings. The summed E-state index contributed by atoms with van der Waals surface area (Å²) in [6.45, 7) is 26.9. The van der Waals surface area contributed by atoms with E-state index in [1.807, 2.05) is 0 Å². The molecule has 42 heavy (non-hydrogen) atoms. The first-order chi connectivity index (χ1) is 18.3. The molecule has 3 aliphatic rings. The van der Waals surface area contributed by atoms with Crippen LogP contribution in [-0.4, -0.2) is 69.5 Å². The predicted molar refractivity (Wildman–Crippen MR) is 168 cm³/mol. The quantitative estimate of drug-likeness (QED) is 0.212. The molecule has 3 aliphatic heterocycles. The zero-order chi connectivity index (χ0) is 31.7. The molecule has 9 heteroatoms. The van der Waals surface area contributed by atoms with E-state index in [2.05, 4.69) is 99.0 Å². The molecule has 0 bridgehead atoms. The molecule has 0 amide bonds. The molecule has 0 aromatic heterocycles. The minimum absolute atomic E-state index is 0. The standard InChI is InChI=1S/C21H38N2O4.C11H21NO2.CH4/c1-18(2)10-14(11-19(3,4)22-18)26-16(24)9-17(25)27-15-12-20(5,6)23-21(7,8)13-15;1-8(13)14-9-6-10(2,3)12-11(4,5)7-9;/h14-15,22-23H,9-13H2,1-8H3;9,12H,6-7H2,1-5H3;1H4. The summed E-state index contributed by atoms with van der Waals surface area (Å²) < 4.78 is 16.5. The molecule has 3 rings (SSSR count). The van der Waals surface area contributed by atoms with Crippen LogP contribution in [0.15, 0.2) is 0 Å². The maximum absolute atomic E-state index is 12.3. The monoisotopic (exact) mass is 597 g/mol. The molecular weight excluding hydrogens is 534 g/mol. The molecule has 0 atom stereocenters. The molecule has 0 aromatic rings. The van der Waals surface area contributed by atoms with E-state index < -0.39 is 11.9 Å². The first kappa shape index (κ1) is 38.3. The second-order valence-electron chi connectivity index (χ2n) is 16.5. The zero-order valence-electron chi connectivity index (χ0n) is 28.1. The molecular formula is C33H63N3O6. The normalized spacial score (nSPS) is 25.9. The van der Waals surface area contributed by atoms with E-state index in [9.17, 15) is 14.4 Å². The van der Waals surface area contributed by atoms with Gasteiger partial charge in [-0.2, -0.15) is 0 Å². The van der Waals surface area contributed by atoms with Gasteiger partial charge in [-0.1, -0.05) is 7.43 Å². The van der Waals surface area contributed by atoms with Gasteiger partial charge in [-0.25, -0.2) is 0 Å². The Labute approximate surface area is 256 Å². The third-order valence-corrected chi connectivity index (χ3v) is 7.68. The number of nitrogens with one attached hydrogen (secondary N) is 3. The summed E-state index contributed by atoms with van der Waals surface area (Å²) >= 11 is 0. The van der Waals surface area contributed by atoms with E-state index in [1.54, 1.807) is 0 Å². The molecule has 3 saturated heterocycles. The van der Waals surface area contributed by atoms with Crippen LogP contribution in [0.1, 0.15) is 142 Å². The van der Waals surface area contributed by atoms with Crippen LogP contribution in [0, 0.1) is 0 Å². The van der Waals surface area contributed by atoms with Crippen molar-refractivity contribution < 1.29 is 28.6 Å². The van der Waals surface area contributed by atoms with Crippen LogP contribution in [0.4, 0.5) is 0 Å². The van der Waals surface area contributed by atoms with Gasteiger partial charge in [0.2, 0.25) is 0 Å². The van der Waals surface area contributed by atoms with Crippen molar-refractivity contribution in [1.29, 1.82) is 0 Å². The van der Waals surface area contributed by atoms with Gasteiger partial charge in [-0.3, -0.25) is 14.4 Å². The topological polar surface area (TPSA) is 115 Å². The predicted octanol–water partition coefficient (Wildman–Crippen LogP) is 5.58. The van der Waals surface area contributed by atoms with Crippen molar-refractivity contribution in [3.8, 4) is 0 Å². The second kappa shape index (κ2) is 13.5. The lowest BCUT2D eigenvalue weighted by Gasteiger charge is -2.46. The van der Waals surface area contributed by atoms with Crippen LogP contribution in [0.25, 0.3) is 0 Å². The number of carbonyl (C=O) groups is 3. The molecule has 3 heterocycles. The summed E-state index contributed by atoms with van der Waals surface area (Å²) in [5.41, 5.74) is -0.360. The van der Waals surface area contributed by atoms with Crippen LogP contribution in [0.5, 0.6) is 0 Å². The van der Waals surface area contributed by atoms with Crippen LogP contribution in [-0.2, 0) is 28.6 Å². The molecule has 0 unspecified atom stereocenters. The Morgan fingerprint density at radius 3 is 0.929 bits per heavy atom. The van der Waals surface area contributed by atoms with Crippen LogP contribution in [0.2, 0.25) is 0 Å². The fraction of sp³-hybridized carbons (Fsp3) is 0.909. The highest BCUT2D eigenvalue weighted by atomic mass is 16.6. The fourth-order valence-electron chi connectivity index (χ4n) is 7.74. The van der Waals surface area contributed by atoms with Gasteiger partial charge in [-0.05, 0) is 83.1 Å². The molecule has 0 radical (unpaired) electrons. The largest absolute Gasteiger partial charge is 0.462 e. The van der Waals surface area contributed by atoms with Gasteiger partial charge >= 0.3 is 17.9 Å². The molecule has 0 spiro atoms. The zero-order valence-corrected chi connectivity index (χ0v) is 28.1. The van der Waals surface area contributed by atoms with Gasteiger partial charge in [0, 0.05) is 78.7 Å². The van der Waals surface area contributed by atoms with Gasteiger partial charge in [0.05, 0.1) is 0 Å². The van der Waals surface area contributed by atoms with E-state index >= 15 is 0 Å². The SMILES string of the molecule is C.CC(=O)OC1CC(C)(C)NC(C)(C)C1.CC1(C)CC(OC(=O)CC(=O)OC2CC(C)(C)NC(C)(C)C2)CC(C)(C)N1. The Morgan fingerprint density at radius 2 is 0.714 bits per heavy atom. The van der Waals surface area contributed by atoms with Gasteiger partial charge < -0.3 is 30.2 Å². The fourth-order valence-corrected chi connectivity index (χ4v) is 7.74. The maximum atomic E-state index is 12.3. The van der Waals surface area contributed by atoms with E-state index in [1.165, 1.54) is 6.92 Å². The maximum Gasteiger partial charge on any atom is 0.317 e. The molecule has 3 N–H and O–H groups in total. The Balaban J connectivity index is 0.000000497. The third-order valence-electron chi connectivity index (χ3n) is 7.68. The van der Waals surface area contributed by atoms with Gasteiger partial charge in [0.1, 0.15) is 24.7 Å². The van der Waals surface area contributed by atoms with Crippen LogP contribution in [0.3, 0.4) is 0 Å². The van der Waals surface area contributed by atoms with Crippen molar-refractivity contribution in [2.24, 2.45) is 0 Å². The summed E-state index contributed by atoms with van der Waals surface area (Å²) in [5.74, 6) is -1.17. The first-order valence-electron chi connectivity index (χ1n) is 15.2. The summed E-state index contributed by atoms with van der Waals surface area (Å²) in [5, 5.41) is 10.7. The average Bonchev–Trinajstić information content (AvgIpc) is 2.59. The highest BCUT2D eigenvalue weighted by Crippen LogP contribution is 2.33. The Morgan fingerprint density at radius 1 is 0.500 bits per heavy atom. The van der Waals surface area contributed by atoms with E-state index in [4.69, 9.17) is 14.2 Å². The molecule has 0 saturated carbocycles. The van der Waals surface area contributed by atoms with Crippen molar-refractivity contribution in [2.45, 2.75) is 194 Å². The lowest BCUT2D eigenvalue weighted by atomic mass is 9.81. The number of hydrogen-bond donors (Lipinski definition) is 3. The summed E-state index contributed by atoms with van der Waals surface area (Å²) in [4.78, 5) is 35.5. The van der Waals surface area contributed by atoms with Gasteiger partial charge in [0.15, 0.2) is 0 Å². The number of esters is 3. The van der Waals surface area contributed by atoms with Crippen LogP contribution < -0.4 is 16.0 Å². The van der Waals surface area contributed by atoms with Crippen molar-refractivity contribution in [2.75, 3.05) is 0 Å². The Bertz CT molecular complexity index is 855. The Hall–Kier alpha value is -1.71. The highest BCUT2D eigenvalue weighted by Gasteiger charge is 2.42. The number of rotatable bonds is 5. The third kappa shape index (κ3) is 13.7. The number of ether oxygens (including phenoxy) is 3. The lowest BCUT2D eigenvalue weighted by molar-refractivity contribution is -0.164. The van der Waals surface area contributed by atoms with E-state index in [0.717, 1.165) is 38.5 Å². The van der Waals surface area contributed by atoms with Crippen molar-refractivity contribution >= 4 is 17.9 Å². The van der Waals surface area contributed by atoms with Gasteiger partial charge in [0.25, 0.3) is 0 Å². The minimum Gasteiger partial charge on any atom is -0.462 e. The first-order valence-corrected chi connectivity index (χ1v) is 15.2. The van der Waals surface area contributed by atoms with Crippen molar-refractivity contribution in [3.05, 3.63) is 0 Å². The summed E-state index contributed by atoms with van der Waals surface area (Å²) in [7, 11) is 0. The number of piperidine rings is 3. The second-order valence-corrected chi connectivity index (χ2v) is 16.5. The van der Waals surface area contributed by atoms with E-state index in [0.29, 0.717) is 0 Å². The minimum atomic E-state index is -0.494. The van der Waals surface area contributed by atoms with Gasteiger partial charge in [-0.15, -0.1) is 0 Å². The number of carbonyl (C=O) groups excluding carboxylic acids is 3. The smallest absolute Gasteiger partial charge is 0.317 e. The molecule has 0 aliphatic carbocycles. The lowest BCUT2D eigenvalue weighted by Crippen LogP contribution is -2.60. The van der Waals surface area contributed by atoms with Crippen molar-refractivity contribution in [1.82, 2.24) is 16.0 Å². The summed E-state index contributed by atoms with van der Waals surface area (Å²) in [6.07, 6.45) is 4.05.